The fourth-order valence-corrected chi connectivity index (χ4v) is 2.61. The molecule has 1 saturated heterocycles. The lowest BCUT2D eigenvalue weighted by molar-refractivity contribution is -0.138. The number of carbonyl (C=O) groups excluding carboxylic acids is 1. The van der Waals surface area contributed by atoms with E-state index < -0.39 is 34.3 Å². The molecule has 0 aromatic carbocycles. The van der Waals surface area contributed by atoms with Crippen molar-refractivity contribution in [2.75, 3.05) is 32.1 Å². The highest BCUT2D eigenvalue weighted by atomic mass is 19.4. The van der Waals surface area contributed by atoms with Crippen molar-refractivity contribution in [1.29, 1.82) is 0 Å². The summed E-state index contributed by atoms with van der Waals surface area (Å²) in [4.78, 5) is 26.2. The van der Waals surface area contributed by atoms with Crippen molar-refractivity contribution in [3.8, 4) is 0 Å². The fourth-order valence-electron chi connectivity index (χ4n) is 2.61. The molecule has 9 heteroatoms. The summed E-state index contributed by atoms with van der Waals surface area (Å²) in [6.07, 6.45) is -3.08. The highest BCUT2D eigenvalue weighted by Crippen LogP contribution is 2.32. The number of hydrogen-bond acceptors (Lipinski definition) is 4. The molecule has 1 fully saturated rings. The van der Waals surface area contributed by atoms with Gasteiger partial charge in [0.25, 0.3) is 5.56 Å². The average molecular weight is 333 g/mol. The van der Waals surface area contributed by atoms with Gasteiger partial charge in [-0.05, 0) is 32.0 Å². The van der Waals surface area contributed by atoms with E-state index in [1.165, 1.54) is 7.11 Å². The summed E-state index contributed by atoms with van der Waals surface area (Å²) < 4.78 is 43.3. The van der Waals surface area contributed by atoms with Crippen molar-refractivity contribution in [1.82, 2.24) is 10.3 Å². The molecule has 2 heterocycles. The van der Waals surface area contributed by atoms with Crippen molar-refractivity contribution in [3.05, 3.63) is 28.2 Å². The summed E-state index contributed by atoms with van der Waals surface area (Å²) in [6, 6.07) is 0.637. The summed E-state index contributed by atoms with van der Waals surface area (Å²) in [7, 11) is 1.45. The van der Waals surface area contributed by atoms with Gasteiger partial charge in [0.2, 0.25) is 5.91 Å². The number of halogens is 3. The number of ether oxygens (including phenoxy) is 1. The SMILES string of the molecule is COCC1(C(=O)Nc2cc(C(F)(F)F)c[nH]c2=O)CCNCC1. The molecule has 1 aromatic rings. The lowest BCUT2D eigenvalue weighted by Crippen LogP contribution is -2.48. The van der Waals surface area contributed by atoms with Gasteiger partial charge >= 0.3 is 6.18 Å². The van der Waals surface area contributed by atoms with Crippen LogP contribution in [0.4, 0.5) is 18.9 Å². The van der Waals surface area contributed by atoms with Crippen molar-refractivity contribution >= 4 is 11.6 Å². The minimum Gasteiger partial charge on any atom is -0.384 e. The van der Waals surface area contributed by atoms with Gasteiger partial charge < -0.3 is 20.4 Å². The van der Waals surface area contributed by atoms with Crippen LogP contribution in [0.1, 0.15) is 18.4 Å². The summed E-state index contributed by atoms with van der Waals surface area (Å²) >= 11 is 0. The Morgan fingerprint density at radius 1 is 1.39 bits per heavy atom. The monoisotopic (exact) mass is 333 g/mol. The molecule has 2 rings (SSSR count). The first kappa shape index (κ1) is 17.5. The van der Waals surface area contributed by atoms with Crippen LogP contribution in [-0.4, -0.2) is 37.7 Å². The van der Waals surface area contributed by atoms with E-state index in [2.05, 4.69) is 10.6 Å². The molecule has 1 aromatic heterocycles. The van der Waals surface area contributed by atoms with Crippen LogP contribution in [0.2, 0.25) is 0 Å². The maximum Gasteiger partial charge on any atom is 0.417 e. The predicted octanol–water partition coefficient (Wildman–Crippen LogP) is 1.35. The number of rotatable bonds is 4. The van der Waals surface area contributed by atoms with Crippen LogP contribution in [0.15, 0.2) is 17.1 Å². The normalized spacial score (nSPS) is 17.7. The fraction of sp³-hybridized carbons (Fsp3) is 0.571. The van der Waals surface area contributed by atoms with Gasteiger partial charge in [0.05, 0.1) is 17.6 Å². The zero-order valence-corrected chi connectivity index (χ0v) is 12.5. The summed E-state index contributed by atoms with van der Waals surface area (Å²) in [5.41, 5.74) is -3.09. The van der Waals surface area contributed by atoms with Crippen LogP contribution in [-0.2, 0) is 15.7 Å². The van der Waals surface area contributed by atoms with E-state index >= 15 is 0 Å². The molecule has 1 aliphatic rings. The zero-order chi connectivity index (χ0) is 17.1. The number of hydrogen-bond donors (Lipinski definition) is 3. The van der Waals surface area contributed by atoms with Gasteiger partial charge in [-0.1, -0.05) is 0 Å². The summed E-state index contributed by atoms with van der Waals surface area (Å²) in [6.45, 7) is 1.32. The van der Waals surface area contributed by atoms with Gasteiger partial charge in [-0.15, -0.1) is 0 Å². The Labute approximate surface area is 130 Å². The number of alkyl halides is 3. The Kier molecular flexibility index (Phi) is 5.10. The second-order valence-electron chi connectivity index (χ2n) is 5.55. The average Bonchev–Trinajstić information content (AvgIpc) is 2.49. The molecule has 0 aliphatic carbocycles. The second-order valence-corrected chi connectivity index (χ2v) is 5.55. The van der Waals surface area contributed by atoms with Crippen LogP contribution in [0, 0.1) is 5.41 Å². The third-order valence-electron chi connectivity index (χ3n) is 3.94. The molecule has 6 nitrogen and oxygen atoms in total. The van der Waals surface area contributed by atoms with E-state index in [-0.39, 0.29) is 6.61 Å². The molecule has 3 N–H and O–H groups in total. The van der Waals surface area contributed by atoms with Gasteiger partial charge in [-0.3, -0.25) is 9.59 Å². The third kappa shape index (κ3) is 3.91. The quantitative estimate of drug-likeness (QED) is 0.777. The van der Waals surface area contributed by atoms with Crippen LogP contribution in [0.5, 0.6) is 0 Å². The van der Waals surface area contributed by atoms with Crippen LogP contribution in [0.25, 0.3) is 0 Å². The minimum absolute atomic E-state index is 0.136. The maximum atomic E-state index is 12.7. The van der Waals surface area contributed by atoms with Gasteiger partial charge in [0, 0.05) is 13.3 Å². The minimum atomic E-state index is -4.61. The molecule has 0 atom stereocenters. The first-order chi connectivity index (χ1) is 10.8. The molecular formula is C14H18F3N3O3. The molecule has 23 heavy (non-hydrogen) atoms. The number of piperidine rings is 1. The number of pyridine rings is 1. The number of anilines is 1. The molecule has 1 amide bonds. The highest BCUT2D eigenvalue weighted by Gasteiger charge is 2.40. The Morgan fingerprint density at radius 3 is 2.61 bits per heavy atom. The van der Waals surface area contributed by atoms with Gasteiger partial charge in [-0.25, -0.2) is 0 Å². The highest BCUT2D eigenvalue weighted by molar-refractivity contribution is 5.95. The van der Waals surface area contributed by atoms with E-state index in [4.69, 9.17) is 4.74 Å². The Balaban J connectivity index is 2.26. The standard InChI is InChI=1S/C14H18F3N3O3/c1-23-8-13(2-4-18-5-3-13)12(22)20-10-6-9(14(15,16)17)7-19-11(10)21/h6-7,18H,2-5,8H2,1H3,(H,19,21)(H,20,22). The lowest BCUT2D eigenvalue weighted by atomic mass is 9.78. The molecule has 0 saturated carbocycles. The first-order valence-corrected chi connectivity index (χ1v) is 7.09. The summed E-state index contributed by atoms with van der Waals surface area (Å²) in [5.74, 6) is -0.509. The molecule has 0 spiro atoms. The van der Waals surface area contributed by atoms with E-state index in [1.807, 2.05) is 4.98 Å². The summed E-state index contributed by atoms with van der Waals surface area (Å²) in [5, 5.41) is 5.43. The molecule has 128 valence electrons. The van der Waals surface area contributed by atoms with Crippen molar-refractivity contribution in [3.63, 3.8) is 0 Å². The number of amides is 1. The molecule has 0 radical (unpaired) electrons. The van der Waals surface area contributed by atoms with Crippen LogP contribution >= 0.6 is 0 Å². The first-order valence-electron chi connectivity index (χ1n) is 7.09. The van der Waals surface area contributed by atoms with E-state index in [1.54, 1.807) is 0 Å². The second kappa shape index (κ2) is 6.71. The lowest BCUT2D eigenvalue weighted by Gasteiger charge is -2.35. The van der Waals surface area contributed by atoms with E-state index in [0.29, 0.717) is 38.2 Å². The van der Waals surface area contributed by atoms with Crippen molar-refractivity contribution in [2.45, 2.75) is 19.0 Å². The smallest absolute Gasteiger partial charge is 0.384 e. The number of aromatic amines is 1. The molecule has 0 unspecified atom stereocenters. The Bertz CT molecular complexity index is 616. The molecule has 0 bridgehead atoms. The predicted molar refractivity (Wildman–Crippen MR) is 77.1 cm³/mol. The van der Waals surface area contributed by atoms with Gasteiger partial charge in [0.1, 0.15) is 5.69 Å². The molecule has 1 aliphatic heterocycles. The number of aromatic nitrogens is 1. The van der Waals surface area contributed by atoms with Crippen molar-refractivity contribution < 1.29 is 22.7 Å². The number of methoxy groups -OCH3 is 1. The number of nitrogens with one attached hydrogen (secondary N) is 3. The zero-order valence-electron chi connectivity index (χ0n) is 12.5. The number of carbonyl (C=O) groups is 1. The topological polar surface area (TPSA) is 83.2 Å². The van der Waals surface area contributed by atoms with Crippen LogP contribution in [0.3, 0.4) is 0 Å². The Hall–Kier alpha value is -1.87. The van der Waals surface area contributed by atoms with Crippen LogP contribution < -0.4 is 16.2 Å². The van der Waals surface area contributed by atoms with Gasteiger partial charge in [0.15, 0.2) is 0 Å². The van der Waals surface area contributed by atoms with Gasteiger partial charge in [-0.2, -0.15) is 13.2 Å². The largest absolute Gasteiger partial charge is 0.417 e. The number of H-pyrrole nitrogens is 1. The van der Waals surface area contributed by atoms with E-state index in [0.717, 1.165) is 0 Å². The van der Waals surface area contributed by atoms with Crippen molar-refractivity contribution in [2.24, 2.45) is 5.41 Å². The Morgan fingerprint density at radius 2 is 2.04 bits per heavy atom. The third-order valence-corrected chi connectivity index (χ3v) is 3.94. The van der Waals surface area contributed by atoms with E-state index in [9.17, 15) is 22.8 Å². The maximum absolute atomic E-state index is 12.7. The molecular weight excluding hydrogens is 315 g/mol.